The van der Waals surface area contributed by atoms with Gasteiger partial charge >= 0.3 is 0 Å². The molecule has 5 heteroatoms. The van der Waals surface area contributed by atoms with Gasteiger partial charge in [0.25, 0.3) is 0 Å². The fraction of sp³-hybridized carbons (Fsp3) is 0.188. The van der Waals surface area contributed by atoms with E-state index in [1.54, 1.807) is 26.0 Å². The first-order chi connectivity index (χ1) is 9.94. The first-order valence-corrected chi connectivity index (χ1v) is 8.00. The molecule has 1 atom stereocenters. The molecule has 0 bridgehead atoms. The summed E-state index contributed by atoms with van der Waals surface area (Å²) in [6, 6.07) is 15.6. The first kappa shape index (κ1) is 15.2. The second-order valence-electron chi connectivity index (χ2n) is 4.85. The molecule has 2 aromatic rings. The van der Waals surface area contributed by atoms with Gasteiger partial charge in [-0.25, -0.2) is 13.1 Å². The van der Waals surface area contributed by atoms with Crippen molar-refractivity contribution in [3.63, 3.8) is 0 Å². The number of aryl methyl sites for hydroxylation is 1. The van der Waals surface area contributed by atoms with Crippen LogP contribution in [0.5, 0.6) is 0 Å². The third-order valence-corrected chi connectivity index (χ3v) is 4.92. The van der Waals surface area contributed by atoms with Gasteiger partial charge in [-0.15, -0.1) is 0 Å². The first-order valence-electron chi connectivity index (χ1n) is 6.52. The van der Waals surface area contributed by atoms with Crippen molar-refractivity contribution in [2.45, 2.75) is 24.8 Å². The number of nitriles is 1. The summed E-state index contributed by atoms with van der Waals surface area (Å²) in [4.78, 5) is 0.143. The summed E-state index contributed by atoms with van der Waals surface area (Å²) in [5.41, 5.74) is 1.82. The maximum Gasteiger partial charge on any atom is 0.241 e. The van der Waals surface area contributed by atoms with E-state index in [9.17, 15) is 8.42 Å². The highest BCUT2D eigenvalue weighted by molar-refractivity contribution is 7.89. The van der Waals surface area contributed by atoms with E-state index >= 15 is 0 Å². The Morgan fingerprint density at radius 1 is 1.14 bits per heavy atom. The molecule has 0 spiro atoms. The molecule has 108 valence electrons. The van der Waals surface area contributed by atoms with E-state index in [0.717, 1.165) is 5.56 Å². The molecule has 0 aliphatic heterocycles. The zero-order valence-corrected chi connectivity index (χ0v) is 12.7. The Bertz CT molecular complexity index is 778. The molecule has 4 nitrogen and oxygen atoms in total. The minimum absolute atomic E-state index is 0.143. The summed E-state index contributed by atoms with van der Waals surface area (Å²) < 4.78 is 27.6. The number of hydrogen-bond donors (Lipinski definition) is 1. The maximum atomic E-state index is 12.5. The smallest absolute Gasteiger partial charge is 0.207 e. The summed E-state index contributed by atoms with van der Waals surface area (Å²) in [5, 5.41) is 8.91. The molecule has 2 rings (SSSR count). The molecule has 0 saturated heterocycles. The normalized spacial score (nSPS) is 12.6. The van der Waals surface area contributed by atoms with E-state index in [4.69, 9.17) is 5.26 Å². The largest absolute Gasteiger partial charge is 0.241 e. The van der Waals surface area contributed by atoms with E-state index in [1.807, 2.05) is 36.4 Å². The van der Waals surface area contributed by atoms with Crippen LogP contribution < -0.4 is 4.72 Å². The molecule has 1 unspecified atom stereocenters. The van der Waals surface area contributed by atoms with Crippen LogP contribution in [-0.4, -0.2) is 8.42 Å². The van der Waals surface area contributed by atoms with Gasteiger partial charge in [0.15, 0.2) is 0 Å². The molecular weight excluding hydrogens is 284 g/mol. The SMILES string of the molecule is Cc1ccc(C#N)cc1S(=O)(=O)NC(C)c1ccccc1. The Kier molecular flexibility index (Phi) is 4.41. The van der Waals surface area contributed by atoms with E-state index < -0.39 is 10.0 Å². The summed E-state index contributed by atoms with van der Waals surface area (Å²) in [6.45, 7) is 3.50. The second kappa shape index (κ2) is 6.08. The molecular formula is C16H16N2O2S. The average molecular weight is 300 g/mol. The number of nitrogens with one attached hydrogen (secondary N) is 1. The van der Waals surface area contributed by atoms with Crippen molar-refractivity contribution in [1.82, 2.24) is 4.72 Å². The summed E-state index contributed by atoms with van der Waals surface area (Å²) >= 11 is 0. The predicted molar refractivity (Wildman–Crippen MR) is 81.1 cm³/mol. The van der Waals surface area contributed by atoms with Crippen LogP contribution >= 0.6 is 0 Å². The van der Waals surface area contributed by atoms with Crippen molar-refractivity contribution >= 4 is 10.0 Å². The van der Waals surface area contributed by atoms with Gasteiger partial charge in [-0.3, -0.25) is 0 Å². The lowest BCUT2D eigenvalue weighted by Crippen LogP contribution is -2.27. The fourth-order valence-corrected chi connectivity index (χ4v) is 3.57. The lowest BCUT2D eigenvalue weighted by molar-refractivity contribution is 0.566. The zero-order chi connectivity index (χ0) is 15.5. The highest BCUT2D eigenvalue weighted by Crippen LogP contribution is 2.20. The van der Waals surface area contributed by atoms with Crippen LogP contribution in [-0.2, 0) is 10.0 Å². The maximum absolute atomic E-state index is 12.5. The van der Waals surface area contributed by atoms with Gasteiger partial charge in [-0.1, -0.05) is 36.4 Å². The van der Waals surface area contributed by atoms with Crippen molar-refractivity contribution in [3.8, 4) is 6.07 Å². The lowest BCUT2D eigenvalue weighted by Gasteiger charge is -2.16. The van der Waals surface area contributed by atoms with Crippen molar-refractivity contribution in [2.24, 2.45) is 0 Å². The topological polar surface area (TPSA) is 70.0 Å². The van der Waals surface area contributed by atoms with Crippen molar-refractivity contribution in [2.75, 3.05) is 0 Å². The Morgan fingerprint density at radius 3 is 2.43 bits per heavy atom. The second-order valence-corrected chi connectivity index (χ2v) is 6.53. The van der Waals surface area contributed by atoms with E-state index in [0.29, 0.717) is 11.1 Å². The molecule has 0 heterocycles. The minimum Gasteiger partial charge on any atom is -0.207 e. The molecule has 0 aromatic heterocycles. The third kappa shape index (κ3) is 3.48. The van der Waals surface area contributed by atoms with Crippen LogP contribution in [0.25, 0.3) is 0 Å². The molecule has 0 radical (unpaired) electrons. The molecule has 0 amide bonds. The number of nitrogens with zero attached hydrogens (tertiary/aromatic N) is 1. The standard InChI is InChI=1S/C16H16N2O2S/c1-12-8-9-14(11-17)10-16(12)21(19,20)18-13(2)15-6-4-3-5-7-15/h3-10,13,18H,1-2H3. The molecule has 1 N–H and O–H groups in total. The van der Waals surface area contributed by atoms with Gasteiger partial charge in [0.1, 0.15) is 0 Å². The molecule has 21 heavy (non-hydrogen) atoms. The number of hydrogen-bond acceptors (Lipinski definition) is 3. The number of sulfonamides is 1. The fourth-order valence-electron chi connectivity index (χ4n) is 2.07. The van der Waals surface area contributed by atoms with E-state index in [-0.39, 0.29) is 10.9 Å². The van der Waals surface area contributed by atoms with Crippen molar-refractivity contribution < 1.29 is 8.42 Å². The Morgan fingerprint density at radius 2 is 1.81 bits per heavy atom. The molecule has 2 aromatic carbocycles. The third-order valence-electron chi connectivity index (χ3n) is 3.24. The molecule has 0 aliphatic carbocycles. The van der Waals surface area contributed by atoms with Gasteiger partial charge in [0.2, 0.25) is 10.0 Å². The number of benzene rings is 2. The van der Waals surface area contributed by atoms with Crippen LogP contribution in [0.3, 0.4) is 0 Å². The zero-order valence-electron chi connectivity index (χ0n) is 11.9. The molecule has 0 fully saturated rings. The van der Waals surface area contributed by atoms with Crippen LogP contribution in [0.4, 0.5) is 0 Å². The Hall–Kier alpha value is -2.16. The van der Waals surface area contributed by atoms with Gasteiger partial charge in [-0.2, -0.15) is 5.26 Å². The van der Waals surface area contributed by atoms with Gasteiger partial charge in [0, 0.05) is 6.04 Å². The van der Waals surface area contributed by atoms with Gasteiger partial charge in [0.05, 0.1) is 16.5 Å². The summed E-state index contributed by atoms with van der Waals surface area (Å²) in [6.07, 6.45) is 0. The Balaban J connectivity index is 2.33. The monoisotopic (exact) mass is 300 g/mol. The predicted octanol–water partition coefficient (Wildman–Crippen LogP) is 2.91. The highest BCUT2D eigenvalue weighted by atomic mass is 32.2. The van der Waals surface area contributed by atoms with Crippen molar-refractivity contribution in [3.05, 3.63) is 65.2 Å². The summed E-state index contributed by atoms with van der Waals surface area (Å²) in [5.74, 6) is 0. The highest BCUT2D eigenvalue weighted by Gasteiger charge is 2.20. The molecule has 0 saturated carbocycles. The minimum atomic E-state index is -3.67. The summed E-state index contributed by atoms with van der Waals surface area (Å²) in [7, 11) is -3.67. The van der Waals surface area contributed by atoms with Crippen LogP contribution in [0, 0.1) is 18.3 Å². The lowest BCUT2D eigenvalue weighted by atomic mass is 10.1. The average Bonchev–Trinajstić information content (AvgIpc) is 2.48. The van der Waals surface area contributed by atoms with E-state index in [2.05, 4.69) is 4.72 Å². The van der Waals surface area contributed by atoms with E-state index in [1.165, 1.54) is 6.07 Å². The van der Waals surface area contributed by atoms with Crippen LogP contribution in [0.1, 0.15) is 29.7 Å². The van der Waals surface area contributed by atoms with Crippen LogP contribution in [0.2, 0.25) is 0 Å². The van der Waals surface area contributed by atoms with Gasteiger partial charge < -0.3 is 0 Å². The van der Waals surface area contributed by atoms with Crippen molar-refractivity contribution in [1.29, 1.82) is 5.26 Å². The quantitative estimate of drug-likeness (QED) is 0.943. The molecule has 0 aliphatic rings. The van der Waals surface area contributed by atoms with Gasteiger partial charge in [-0.05, 0) is 37.1 Å². The number of rotatable bonds is 4. The Labute approximate surface area is 125 Å². The van der Waals surface area contributed by atoms with Crippen LogP contribution in [0.15, 0.2) is 53.4 Å².